The first-order valence-corrected chi connectivity index (χ1v) is 11.2. The third kappa shape index (κ3) is 5.50. The number of rotatable bonds is 4. The summed E-state index contributed by atoms with van der Waals surface area (Å²) in [6.45, 7) is 12.3. The van der Waals surface area contributed by atoms with Crippen LogP contribution in [-0.4, -0.2) is 52.6 Å². The van der Waals surface area contributed by atoms with Gasteiger partial charge in [-0.1, -0.05) is 17.9 Å². The highest BCUT2D eigenvalue weighted by Gasteiger charge is 2.33. The van der Waals surface area contributed by atoms with Crippen LogP contribution in [0.4, 0.5) is 9.80 Å². The molecule has 0 aromatic carbocycles. The standard InChI is InChI=1S/C23H30N4O3S/c1-7-18-21(31-19(25-18)17-11-15(2)12-24-13-17)26(6)20(28)16-9-8-10-27(14-16)22(29)30-23(3,4)5/h7,11-13,16H,1,8-10,14H2,2-6H3. The van der Waals surface area contributed by atoms with Gasteiger partial charge in [-0.3, -0.25) is 9.78 Å². The lowest BCUT2D eigenvalue weighted by Crippen LogP contribution is -2.47. The largest absolute Gasteiger partial charge is 0.444 e. The fraction of sp³-hybridized carbons (Fsp3) is 0.478. The second-order valence-electron chi connectivity index (χ2n) is 8.83. The molecule has 1 fully saturated rings. The molecule has 3 rings (SSSR count). The van der Waals surface area contributed by atoms with E-state index in [1.807, 2.05) is 33.8 Å². The van der Waals surface area contributed by atoms with Crippen LogP contribution >= 0.6 is 11.3 Å². The van der Waals surface area contributed by atoms with Gasteiger partial charge in [-0.25, -0.2) is 9.78 Å². The Bertz CT molecular complexity index is 979. The summed E-state index contributed by atoms with van der Waals surface area (Å²) in [5.74, 6) is -0.316. The lowest BCUT2D eigenvalue weighted by Gasteiger charge is -2.34. The van der Waals surface area contributed by atoms with Crippen LogP contribution in [0.5, 0.6) is 0 Å². The number of hydrogen-bond acceptors (Lipinski definition) is 6. The molecular weight excluding hydrogens is 412 g/mol. The Balaban J connectivity index is 1.78. The second kappa shape index (κ2) is 9.18. The summed E-state index contributed by atoms with van der Waals surface area (Å²) in [6, 6.07) is 2.02. The highest BCUT2D eigenvalue weighted by Crippen LogP contribution is 2.36. The minimum Gasteiger partial charge on any atom is -0.444 e. The van der Waals surface area contributed by atoms with E-state index in [9.17, 15) is 9.59 Å². The Morgan fingerprint density at radius 2 is 2.10 bits per heavy atom. The number of piperidine rings is 1. The molecule has 2 amide bonds. The lowest BCUT2D eigenvalue weighted by atomic mass is 9.97. The molecule has 1 saturated heterocycles. The highest BCUT2D eigenvalue weighted by molar-refractivity contribution is 7.19. The number of nitrogens with zero attached hydrogens (tertiary/aromatic N) is 4. The first-order valence-electron chi connectivity index (χ1n) is 10.4. The van der Waals surface area contributed by atoms with Crippen LogP contribution < -0.4 is 4.90 Å². The van der Waals surface area contributed by atoms with Gasteiger partial charge in [-0.15, -0.1) is 0 Å². The molecule has 1 atom stereocenters. The fourth-order valence-corrected chi connectivity index (χ4v) is 4.55. The zero-order chi connectivity index (χ0) is 22.8. The van der Waals surface area contributed by atoms with Crippen LogP contribution in [-0.2, 0) is 9.53 Å². The van der Waals surface area contributed by atoms with Crippen molar-refractivity contribution in [3.8, 4) is 10.6 Å². The molecule has 0 N–H and O–H groups in total. The predicted octanol–water partition coefficient (Wildman–Crippen LogP) is 4.77. The van der Waals surface area contributed by atoms with E-state index in [1.54, 1.807) is 35.3 Å². The van der Waals surface area contributed by atoms with Gasteiger partial charge in [-0.05, 0) is 58.2 Å². The molecule has 2 aromatic rings. The molecule has 0 spiro atoms. The average molecular weight is 443 g/mol. The van der Waals surface area contributed by atoms with Crippen LogP contribution in [0.2, 0.25) is 0 Å². The van der Waals surface area contributed by atoms with Gasteiger partial charge in [0.05, 0.1) is 11.6 Å². The maximum absolute atomic E-state index is 13.3. The van der Waals surface area contributed by atoms with Gasteiger partial charge in [0, 0.05) is 38.1 Å². The second-order valence-corrected chi connectivity index (χ2v) is 9.80. The first kappa shape index (κ1) is 22.9. The lowest BCUT2D eigenvalue weighted by molar-refractivity contribution is -0.123. The van der Waals surface area contributed by atoms with Crippen molar-refractivity contribution < 1.29 is 14.3 Å². The molecule has 166 valence electrons. The normalized spacial score (nSPS) is 16.7. The van der Waals surface area contributed by atoms with Crippen LogP contribution in [0, 0.1) is 12.8 Å². The summed E-state index contributed by atoms with van der Waals surface area (Å²) < 4.78 is 5.48. The minimum absolute atomic E-state index is 0.0334. The van der Waals surface area contributed by atoms with E-state index >= 15 is 0 Å². The number of anilines is 1. The quantitative estimate of drug-likeness (QED) is 0.682. The summed E-state index contributed by atoms with van der Waals surface area (Å²) in [6.07, 6.45) is 6.36. The van der Waals surface area contributed by atoms with Gasteiger partial charge in [0.25, 0.3) is 0 Å². The van der Waals surface area contributed by atoms with Crippen molar-refractivity contribution in [1.82, 2.24) is 14.9 Å². The number of aryl methyl sites for hydroxylation is 1. The van der Waals surface area contributed by atoms with Crippen molar-refractivity contribution in [3.63, 3.8) is 0 Å². The summed E-state index contributed by atoms with van der Waals surface area (Å²) in [5, 5.41) is 1.53. The molecule has 7 nitrogen and oxygen atoms in total. The molecule has 31 heavy (non-hydrogen) atoms. The van der Waals surface area contributed by atoms with E-state index in [-0.39, 0.29) is 17.9 Å². The number of hydrogen-bond donors (Lipinski definition) is 0. The molecule has 0 aliphatic carbocycles. The summed E-state index contributed by atoms with van der Waals surface area (Å²) >= 11 is 1.44. The molecule has 0 bridgehead atoms. The van der Waals surface area contributed by atoms with E-state index in [2.05, 4.69) is 16.5 Å². The number of carbonyl (C=O) groups is 2. The Hall–Kier alpha value is -2.74. The van der Waals surface area contributed by atoms with Crippen molar-refractivity contribution in [3.05, 3.63) is 36.3 Å². The van der Waals surface area contributed by atoms with Gasteiger partial charge in [0.1, 0.15) is 15.6 Å². The maximum Gasteiger partial charge on any atom is 0.410 e. The monoisotopic (exact) mass is 442 g/mol. The molecule has 1 aliphatic rings. The Morgan fingerprint density at radius 3 is 2.74 bits per heavy atom. The topological polar surface area (TPSA) is 75.6 Å². The van der Waals surface area contributed by atoms with E-state index < -0.39 is 5.60 Å². The molecule has 1 unspecified atom stereocenters. The summed E-state index contributed by atoms with van der Waals surface area (Å²) in [7, 11) is 1.76. The minimum atomic E-state index is -0.562. The van der Waals surface area contributed by atoms with Crippen molar-refractivity contribution in [2.75, 3.05) is 25.0 Å². The predicted molar refractivity (Wildman–Crippen MR) is 124 cm³/mol. The van der Waals surface area contributed by atoms with Gasteiger partial charge >= 0.3 is 6.09 Å². The Kier molecular flexibility index (Phi) is 6.79. The van der Waals surface area contributed by atoms with E-state index in [0.29, 0.717) is 18.8 Å². The third-order valence-electron chi connectivity index (χ3n) is 5.01. The number of ether oxygens (including phenoxy) is 1. The number of thiazole rings is 1. The van der Waals surface area contributed by atoms with Gasteiger partial charge in [-0.2, -0.15) is 0 Å². The smallest absolute Gasteiger partial charge is 0.410 e. The zero-order valence-corrected chi connectivity index (χ0v) is 19.7. The Labute approximate surface area is 187 Å². The summed E-state index contributed by atoms with van der Waals surface area (Å²) in [5.41, 5.74) is 2.06. The van der Waals surface area contributed by atoms with Crippen LogP contribution in [0.1, 0.15) is 44.9 Å². The SMILES string of the molecule is C=Cc1nc(-c2cncc(C)c2)sc1N(C)C(=O)C1CCCN(C(=O)OC(C)(C)C)C1. The van der Waals surface area contributed by atoms with Crippen LogP contribution in [0.3, 0.4) is 0 Å². The number of aromatic nitrogens is 2. The van der Waals surface area contributed by atoms with Gasteiger partial charge in [0.2, 0.25) is 5.91 Å². The zero-order valence-electron chi connectivity index (χ0n) is 18.8. The summed E-state index contributed by atoms with van der Waals surface area (Å²) in [4.78, 5) is 37.9. The van der Waals surface area contributed by atoms with E-state index in [1.165, 1.54) is 11.3 Å². The highest BCUT2D eigenvalue weighted by atomic mass is 32.1. The Morgan fingerprint density at radius 1 is 1.35 bits per heavy atom. The molecule has 2 aromatic heterocycles. The van der Waals surface area contributed by atoms with E-state index in [0.717, 1.165) is 34.0 Å². The first-order chi connectivity index (χ1) is 14.6. The van der Waals surface area contributed by atoms with Crippen molar-refractivity contribution >= 4 is 34.4 Å². The maximum atomic E-state index is 13.3. The molecule has 8 heteroatoms. The molecule has 0 saturated carbocycles. The number of pyridine rings is 1. The molecule has 0 radical (unpaired) electrons. The van der Waals surface area contributed by atoms with Crippen molar-refractivity contribution in [2.24, 2.45) is 5.92 Å². The number of likely N-dealkylation sites (tertiary alicyclic amines) is 1. The third-order valence-corrected chi connectivity index (χ3v) is 6.20. The van der Waals surface area contributed by atoms with Gasteiger partial charge < -0.3 is 14.5 Å². The van der Waals surface area contributed by atoms with Crippen molar-refractivity contribution in [1.29, 1.82) is 0 Å². The fourth-order valence-electron chi connectivity index (χ4n) is 3.54. The molecule has 3 heterocycles. The number of carbonyl (C=O) groups excluding carboxylic acids is 2. The van der Waals surface area contributed by atoms with Crippen LogP contribution in [0.25, 0.3) is 16.6 Å². The molecule has 1 aliphatic heterocycles. The van der Waals surface area contributed by atoms with Crippen LogP contribution in [0.15, 0.2) is 25.0 Å². The van der Waals surface area contributed by atoms with Crippen molar-refractivity contribution in [2.45, 2.75) is 46.1 Å². The van der Waals surface area contributed by atoms with Gasteiger partial charge in [0.15, 0.2) is 0 Å². The number of amides is 2. The molecular formula is C23H30N4O3S. The average Bonchev–Trinajstić information content (AvgIpc) is 3.16. The van der Waals surface area contributed by atoms with E-state index in [4.69, 9.17) is 4.74 Å².